The maximum Gasteiger partial charge on any atom is 0.180 e. The Hall–Kier alpha value is -3.83. The van der Waals surface area contributed by atoms with Crippen LogP contribution in [0.15, 0.2) is 60.5 Å². The van der Waals surface area contributed by atoms with Crippen molar-refractivity contribution >= 4 is 22.8 Å². The van der Waals surface area contributed by atoms with Crippen LogP contribution in [0.4, 0.5) is 5.13 Å². The van der Waals surface area contributed by atoms with Crippen molar-refractivity contribution in [1.82, 2.24) is 4.98 Å². The lowest BCUT2D eigenvalue weighted by molar-refractivity contribution is -0.109. The number of anilines is 1. The first kappa shape index (κ1) is 26.4. The quantitative estimate of drug-likeness (QED) is 0.239. The van der Waals surface area contributed by atoms with Crippen molar-refractivity contribution < 1.29 is 19.0 Å². The molecule has 3 aromatic rings. The normalized spacial score (nSPS) is 10.7. The number of aryl methyl sites for hydroxylation is 1. The van der Waals surface area contributed by atoms with Crippen LogP contribution < -0.4 is 19.9 Å². The van der Waals surface area contributed by atoms with E-state index in [4.69, 9.17) is 25.2 Å². The first-order chi connectivity index (χ1) is 16.5. The Labute approximate surface area is 204 Å². The molecule has 178 valence electrons. The second kappa shape index (κ2) is 14.3. The van der Waals surface area contributed by atoms with E-state index in [1.54, 1.807) is 19.2 Å². The number of nitriles is 1. The Morgan fingerprint density at radius 3 is 2.47 bits per heavy atom. The summed E-state index contributed by atoms with van der Waals surface area (Å²) in [4.78, 5) is 14.7. The van der Waals surface area contributed by atoms with Crippen molar-refractivity contribution in [2.24, 2.45) is 5.92 Å². The molecule has 1 aromatic heterocycles. The van der Waals surface area contributed by atoms with Gasteiger partial charge in [-0.05, 0) is 49.1 Å². The number of ether oxygens (including phenoxy) is 3. The number of hydrogen-bond donors (Lipinski definition) is 1. The Bertz CT molecular complexity index is 1090. The van der Waals surface area contributed by atoms with E-state index in [2.05, 4.69) is 11.6 Å². The van der Waals surface area contributed by atoms with Crippen LogP contribution in [0.25, 0.3) is 0 Å². The molecule has 0 bridgehead atoms. The fourth-order valence-electron chi connectivity index (χ4n) is 2.98. The number of rotatable bonds is 11. The molecule has 7 nitrogen and oxygen atoms in total. The first-order valence-electron chi connectivity index (χ1n) is 10.6. The minimum atomic E-state index is -0.662. The van der Waals surface area contributed by atoms with Crippen LogP contribution in [0.2, 0.25) is 0 Å². The van der Waals surface area contributed by atoms with Crippen molar-refractivity contribution in [2.75, 3.05) is 26.1 Å². The minimum Gasteiger partial charge on any atom is -0.493 e. The van der Waals surface area contributed by atoms with E-state index in [1.807, 2.05) is 54.8 Å². The van der Waals surface area contributed by atoms with Gasteiger partial charge in [-0.1, -0.05) is 30.3 Å². The van der Waals surface area contributed by atoms with E-state index >= 15 is 0 Å². The molecule has 0 aliphatic rings. The minimum absolute atomic E-state index is 0.347. The highest BCUT2D eigenvalue weighted by Gasteiger charge is 2.11. The molecule has 0 aliphatic heterocycles. The van der Waals surface area contributed by atoms with Crippen LogP contribution in [0, 0.1) is 24.2 Å². The number of carbonyl (C=O) groups excluding carboxylic acids is 1. The summed E-state index contributed by atoms with van der Waals surface area (Å²) in [6, 6.07) is 15.2. The number of methoxy groups -OCH3 is 1. The van der Waals surface area contributed by atoms with Gasteiger partial charge in [0.1, 0.15) is 31.2 Å². The van der Waals surface area contributed by atoms with Crippen molar-refractivity contribution in [2.45, 2.75) is 19.8 Å². The van der Waals surface area contributed by atoms with Crippen molar-refractivity contribution in [1.29, 1.82) is 5.26 Å². The largest absolute Gasteiger partial charge is 0.493 e. The summed E-state index contributed by atoms with van der Waals surface area (Å²) in [6.07, 6.45) is 3.58. The van der Waals surface area contributed by atoms with Gasteiger partial charge in [0.2, 0.25) is 0 Å². The number of aldehydes is 1. The molecule has 1 atom stereocenters. The highest BCUT2D eigenvalue weighted by molar-refractivity contribution is 7.13. The van der Waals surface area contributed by atoms with E-state index in [9.17, 15) is 4.79 Å². The zero-order valence-corrected chi connectivity index (χ0v) is 20.2. The third-order valence-electron chi connectivity index (χ3n) is 4.59. The van der Waals surface area contributed by atoms with Crippen LogP contribution >= 0.6 is 11.3 Å². The Kier molecular flexibility index (Phi) is 11.1. The number of allylic oxidation sites excluding steroid dienone is 1. The van der Waals surface area contributed by atoms with E-state index in [0.29, 0.717) is 42.6 Å². The van der Waals surface area contributed by atoms with Gasteiger partial charge in [0.25, 0.3) is 0 Å². The van der Waals surface area contributed by atoms with Crippen LogP contribution in [0.1, 0.15) is 16.8 Å². The summed E-state index contributed by atoms with van der Waals surface area (Å²) in [6.45, 7) is 6.42. The summed E-state index contributed by atoms with van der Waals surface area (Å²) < 4.78 is 16.9. The number of benzene rings is 2. The van der Waals surface area contributed by atoms with Gasteiger partial charge in [-0.15, -0.1) is 17.9 Å². The molecular weight excluding hydrogens is 450 g/mol. The Balaban J connectivity index is 0.000000497. The zero-order valence-electron chi connectivity index (χ0n) is 19.4. The predicted octanol–water partition coefficient (Wildman–Crippen LogP) is 4.80. The molecular formula is C26H29N3O4S. The monoisotopic (exact) mass is 479 g/mol. The molecule has 0 fully saturated rings. The molecule has 0 amide bonds. The number of nitrogens with two attached hydrogens (primary N) is 1. The topological polar surface area (TPSA) is 107 Å². The van der Waals surface area contributed by atoms with Gasteiger partial charge in [-0.25, -0.2) is 4.98 Å². The Morgan fingerprint density at radius 2 is 1.91 bits per heavy atom. The SMILES string of the molecule is C=CCc1ccccc1OCCOc1ccc(CC(C#N)C=O)cc1OC.Cc1csc(N)n1. The molecule has 8 heteroatoms. The molecule has 1 heterocycles. The van der Waals surface area contributed by atoms with Crippen LogP contribution in [0.5, 0.6) is 17.2 Å². The van der Waals surface area contributed by atoms with Gasteiger partial charge in [-0.2, -0.15) is 5.26 Å². The van der Waals surface area contributed by atoms with Gasteiger partial charge in [-0.3, -0.25) is 0 Å². The second-order valence-electron chi connectivity index (χ2n) is 7.19. The summed E-state index contributed by atoms with van der Waals surface area (Å²) in [5.74, 6) is 1.30. The highest BCUT2D eigenvalue weighted by Crippen LogP contribution is 2.29. The summed E-state index contributed by atoms with van der Waals surface area (Å²) >= 11 is 1.47. The Morgan fingerprint density at radius 1 is 1.18 bits per heavy atom. The number of carbonyl (C=O) groups is 1. The van der Waals surface area contributed by atoms with Crippen molar-refractivity contribution in [3.8, 4) is 23.3 Å². The van der Waals surface area contributed by atoms with Gasteiger partial charge in [0, 0.05) is 5.38 Å². The van der Waals surface area contributed by atoms with Crippen LogP contribution in [0.3, 0.4) is 0 Å². The second-order valence-corrected chi connectivity index (χ2v) is 8.08. The molecule has 2 aromatic carbocycles. The molecule has 2 N–H and O–H groups in total. The fraction of sp³-hybridized carbons (Fsp3) is 0.269. The van der Waals surface area contributed by atoms with Crippen molar-refractivity contribution in [3.63, 3.8) is 0 Å². The lowest BCUT2D eigenvalue weighted by Crippen LogP contribution is -2.10. The van der Waals surface area contributed by atoms with E-state index < -0.39 is 5.92 Å². The lowest BCUT2D eigenvalue weighted by Gasteiger charge is -2.14. The molecule has 1 unspecified atom stereocenters. The molecule has 3 rings (SSSR count). The zero-order chi connectivity index (χ0) is 24.8. The number of aromatic nitrogens is 1. The van der Waals surface area contributed by atoms with E-state index in [-0.39, 0.29) is 0 Å². The average molecular weight is 480 g/mol. The maximum atomic E-state index is 10.8. The number of para-hydroxylation sites is 1. The average Bonchev–Trinajstić information content (AvgIpc) is 3.24. The maximum absolute atomic E-state index is 10.8. The molecule has 0 spiro atoms. The third-order valence-corrected chi connectivity index (χ3v) is 5.38. The smallest absolute Gasteiger partial charge is 0.180 e. The standard InChI is InChI=1S/C22H23NO4.C4H6N2S/c1-3-6-19-7-4-5-8-20(19)26-11-12-27-21-10-9-17(14-22(21)25-2)13-18(15-23)16-24;1-3-2-7-4(5)6-3/h3-5,7-10,14,16,18H,1,6,11-13H2,2H3;2H,1H3,(H2,5,6). The number of nitrogen functional groups attached to an aromatic ring is 1. The van der Waals surface area contributed by atoms with E-state index in [0.717, 1.165) is 29.0 Å². The molecule has 0 saturated heterocycles. The lowest BCUT2D eigenvalue weighted by atomic mass is 10.0. The summed E-state index contributed by atoms with van der Waals surface area (Å²) in [5.41, 5.74) is 8.21. The van der Waals surface area contributed by atoms with Gasteiger partial charge < -0.3 is 24.7 Å². The summed E-state index contributed by atoms with van der Waals surface area (Å²) in [7, 11) is 1.55. The third kappa shape index (κ3) is 8.60. The highest BCUT2D eigenvalue weighted by atomic mass is 32.1. The fourth-order valence-corrected chi connectivity index (χ4v) is 3.52. The summed E-state index contributed by atoms with van der Waals surface area (Å²) in [5, 5.41) is 11.5. The molecule has 0 aliphatic carbocycles. The van der Waals surface area contributed by atoms with Crippen LogP contribution in [-0.4, -0.2) is 31.6 Å². The van der Waals surface area contributed by atoms with Gasteiger partial charge in [0.05, 0.1) is 18.9 Å². The first-order valence-corrected chi connectivity index (χ1v) is 11.5. The predicted molar refractivity (Wildman–Crippen MR) is 134 cm³/mol. The molecule has 34 heavy (non-hydrogen) atoms. The molecule has 0 saturated carbocycles. The van der Waals surface area contributed by atoms with Gasteiger partial charge in [0.15, 0.2) is 16.6 Å². The van der Waals surface area contributed by atoms with Crippen molar-refractivity contribution in [3.05, 3.63) is 77.3 Å². The van der Waals surface area contributed by atoms with Gasteiger partial charge >= 0.3 is 0 Å². The van der Waals surface area contributed by atoms with E-state index in [1.165, 1.54) is 11.3 Å². The number of thiazole rings is 1. The molecule has 0 radical (unpaired) electrons. The number of nitrogens with zero attached hydrogens (tertiary/aromatic N) is 2. The van der Waals surface area contributed by atoms with Crippen LogP contribution in [-0.2, 0) is 17.6 Å². The number of hydrogen-bond acceptors (Lipinski definition) is 8.